The van der Waals surface area contributed by atoms with Crippen LogP contribution in [-0.2, 0) is 21.1 Å². The molecule has 0 radical (unpaired) electrons. The number of ether oxygens (including phenoxy) is 1. The van der Waals surface area contributed by atoms with Gasteiger partial charge >= 0.3 is 5.97 Å². The summed E-state index contributed by atoms with van der Waals surface area (Å²) >= 11 is 5.98. The minimum atomic E-state index is -3.84. The van der Waals surface area contributed by atoms with Crippen LogP contribution in [0.3, 0.4) is 0 Å². The predicted molar refractivity (Wildman–Crippen MR) is 149 cm³/mol. The number of likely N-dealkylation sites (N-methyl/N-ethyl adjacent to an activating group) is 1. The largest absolute Gasteiger partial charge is 0.462 e. The molecule has 0 bridgehead atoms. The third-order valence-corrected chi connectivity index (χ3v) is 8.95. The number of carbonyl (C=O) groups excluding carboxylic acids is 1. The molecule has 198 valence electrons. The smallest absolute Gasteiger partial charge is 0.340 e. The Bertz CT molecular complexity index is 1560. The van der Waals surface area contributed by atoms with Gasteiger partial charge in [-0.3, -0.25) is 4.90 Å². The number of aromatic nitrogens is 1. The van der Waals surface area contributed by atoms with Crippen LogP contribution in [0.25, 0.3) is 16.6 Å². The van der Waals surface area contributed by atoms with Crippen LogP contribution in [0.2, 0.25) is 5.02 Å². The van der Waals surface area contributed by atoms with Crippen LogP contribution in [0, 0.1) is 0 Å². The Balaban J connectivity index is 1.73. The molecule has 0 amide bonds. The molecule has 0 saturated carbocycles. The summed E-state index contributed by atoms with van der Waals surface area (Å²) in [5, 5.41) is 1.00. The molecule has 0 unspecified atom stereocenters. The van der Waals surface area contributed by atoms with Crippen LogP contribution < -0.4 is 0 Å². The zero-order valence-corrected chi connectivity index (χ0v) is 23.0. The first-order chi connectivity index (χ1) is 18.3. The lowest BCUT2D eigenvalue weighted by atomic mass is 10.1. The van der Waals surface area contributed by atoms with Crippen molar-refractivity contribution in [3.8, 4) is 5.69 Å². The molecule has 1 saturated heterocycles. The SMILES string of the molecule is CCOC(=O)c1c(CN2CCN(C)CC2)n(-c2ccccc2)c2ccc(S(=O)(=O)c3ccc(Cl)cc3)cc12. The van der Waals surface area contributed by atoms with Crippen molar-refractivity contribution in [2.24, 2.45) is 0 Å². The third-order valence-electron chi connectivity index (χ3n) is 6.93. The van der Waals surface area contributed by atoms with Crippen molar-refractivity contribution in [1.29, 1.82) is 0 Å². The average Bonchev–Trinajstić information content (AvgIpc) is 3.24. The van der Waals surface area contributed by atoms with E-state index in [0.29, 0.717) is 22.5 Å². The summed E-state index contributed by atoms with van der Waals surface area (Å²) in [6.45, 7) is 6.12. The zero-order chi connectivity index (χ0) is 26.9. The molecule has 7 nitrogen and oxygen atoms in total. The zero-order valence-electron chi connectivity index (χ0n) is 21.4. The van der Waals surface area contributed by atoms with Crippen LogP contribution in [0.15, 0.2) is 82.6 Å². The topological polar surface area (TPSA) is 71.8 Å². The highest BCUT2D eigenvalue weighted by Crippen LogP contribution is 2.34. The number of para-hydroxylation sites is 1. The maximum Gasteiger partial charge on any atom is 0.340 e. The van der Waals surface area contributed by atoms with Gasteiger partial charge in [-0.15, -0.1) is 0 Å². The van der Waals surface area contributed by atoms with E-state index in [1.54, 1.807) is 37.3 Å². The van der Waals surface area contributed by atoms with Gasteiger partial charge in [0.2, 0.25) is 9.84 Å². The average molecular weight is 552 g/mol. The van der Waals surface area contributed by atoms with E-state index in [1.807, 2.05) is 30.3 Å². The number of hydrogen-bond acceptors (Lipinski definition) is 6. The summed E-state index contributed by atoms with van der Waals surface area (Å²) in [6, 6.07) is 20.9. The Morgan fingerprint density at radius 2 is 1.58 bits per heavy atom. The molecule has 38 heavy (non-hydrogen) atoms. The Labute approximate surface area is 228 Å². The Morgan fingerprint density at radius 1 is 0.921 bits per heavy atom. The monoisotopic (exact) mass is 551 g/mol. The maximum atomic E-state index is 13.5. The number of benzene rings is 3. The van der Waals surface area contributed by atoms with E-state index in [9.17, 15) is 13.2 Å². The molecule has 0 aliphatic carbocycles. The van der Waals surface area contributed by atoms with Gasteiger partial charge in [0.1, 0.15) is 0 Å². The fraction of sp³-hybridized carbons (Fsp3) is 0.276. The summed E-state index contributed by atoms with van der Waals surface area (Å²) < 4.78 is 34.6. The molecule has 2 heterocycles. The lowest BCUT2D eigenvalue weighted by molar-refractivity contribution is 0.0525. The number of esters is 1. The number of sulfone groups is 1. The Hall–Kier alpha value is -3.17. The van der Waals surface area contributed by atoms with E-state index < -0.39 is 15.8 Å². The van der Waals surface area contributed by atoms with Crippen molar-refractivity contribution in [3.05, 3.63) is 89.1 Å². The van der Waals surface area contributed by atoms with Crippen LogP contribution in [-0.4, -0.2) is 68.6 Å². The van der Waals surface area contributed by atoms with E-state index in [-0.39, 0.29) is 16.4 Å². The van der Waals surface area contributed by atoms with Gasteiger partial charge in [-0.05, 0) is 68.6 Å². The van der Waals surface area contributed by atoms with Gasteiger partial charge in [-0.2, -0.15) is 0 Å². The van der Waals surface area contributed by atoms with Gasteiger partial charge in [-0.1, -0.05) is 29.8 Å². The first kappa shape index (κ1) is 26.4. The molecule has 0 atom stereocenters. The normalized spacial score (nSPS) is 15.1. The van der Waals surface area contributed by atoms with Crippen LogP contribution >= 0.6 is 11.6 Å². The second-order valence-corrected chi connectivity index (χ2v) is 11.8. The standard InChI is InChI=1S/C29H30ClN3O4S/c1-3-37-29(34)28-25-19-24(38(35,36)23-11-9-21(30)10-12-23)13-14-26(25)33(22-7-5-4-6-8-22)27(28)20-32-17-15-31(2)16-18-32/h4-14,19H,3,15-18,20H2,1-2H3. The molecule has 4 aromatic rings. The third kappa shape index (κ3) is 5.09. The fourth-order valence-corrected chi connectivity index (χ4v) is 6.32. The summed E-state index contributed by atoms with van der Waals surface area (Å²) in [5.74, 6) is -0.461. The Kier molecular flexibility index (Phi) is 7.59. The second-order valence-electron chi connectivity index (χ2n) is 9.43. The van der Waals surface area contributed by atoms with Crippen LogP contribution in [0.5, 0.6) is 0 Å². The minimum Gasteiger partial charge on any atom is -0.462 e. The van der Waals surface area contributed by atoms with Gasteiger partial charge in [-0.25, -0.2) is 13.2 Å². The molecular formula is C29H30ClN3O4S. The molecule has 5 rings (SSSR count). The van der Waals surface area contributed by atoms with Crippen molar-refractivity contribution in [2.45, 2.75) is 23.3 Å². The number of carbonyl (C=O) groups is 1. The number of rotatable bonds is 7. The van der Waals surface area contributed by atoms with E-state index in [2.05, 4.69) is 21.4 Å². The van der Waals surface area contributed by atoms with Crippen LogP contribution in [0.4, 0.5) is 0 Å². The molecule has 0 spiro atoms. The molecule has 1 aliphatic heterocycles. The van der Waals surface area contributed by atoms with Gasteiger partial charge in [0.05, 0.1) is 33.2 Å². The summed E-state index contributed by atoms with van der Waals surface area (Å²) in [6.07, 6.45) is 0. The van der Waals surface area contributed by atoms with E-state index in [1.165, 1.54) is 12.1 Å². The maximum absolute atomic E-state index is 13.5. The highest BCUT2D eigenvalue weighted by atomic mass is 35.5. The molecule has 1 aromatic heterocycles. The molecule has 3 aromatic carbocycles. The number of fused-ring (bicyclic) bond motifs is 1. The van der Waals surface area contributed by atoms with Crippen molar-refractivity contribution >= 4 is 38.3 Å². The Morgan fingerprint density at radius 3 is 2.24 bits per heavy atom. The number of nitrogens with zero attached hydrogens (tertiary/aromatic N) is 3. The van der Waals surface area contributed by atoms with Crippen molar-refractivity contribution in [3.63, 3.8) is 0 Å². The second kappa shape index (κ2) is 10.9. The molecule has 0 N–H and O–H groups in total. The van der Waals surface area contributed by atoms with Crippen molar-refractivity contribution in [1.82, 2.24) is 14.4 Å². The van der Waals surface area contributed by atoms with Gasteiger partial charge in [0.15, 0.2) is 0 Å². The summed E-state index contributed by atoms with van der Waals surface area (Å²) in [4.78, 5) is 18.3. The summed E-state index contributed by atoms with van der Waals surface area (Å²) in [7, 11) is -1.74. The quantitative estimate of drug-likeness (QED) is 0.300. The number of piperazine rings is 1. The highest BCUT2D eigenvalue weighted by Gasteiger charge is 2.28. The molecule has 1 aliphatic rings. The first-order valence-electron chi connectivity index (χ1n) is 12.6. The minimum absolute atomic E-state index is 0.106. The summed E-state index contributed by atoms with van der Waals surface area (Å²) in [5.41, 5.74) is 2.83. The number of halogens is 1. The predicted octanol–water partition coefficient (Wildman–Crippen LogP) is 5.04. The van der Waals surface area contributed by atoms with E-state index in [4.69, 9.17) is 16.3 Å². The van der Waals surface area contributed by atoms with Crippen molar-refractivity contribution < 1.29 is 17.9 Å². The lowest BCUT2D eigenvalue weighted by Crippen LogP contribution is -2.44. The van der Waals surface area contributed by atoms with Gasteiger partial charge < -0.3 is 14.2 Å². The van der Waals surface area contributed by atoms with Crippen LogP contribution in [0.1, 0.15) is 23.0 Å². The van der Waals surface area contributed by atoms with Gasteiger partial charge in [0, 0.05) is 48.8 Å². The van der Waals surface area contributed by atoms with E-state index >= 15 is 0 Å². The lowest BCUT2D eigenvalue weighted by Gasteiger charge is -2.32. The van der Waals surface area contributed by atoms with Crippen molar-refractivity contribution in [2.75, 3.05) is 39.8 Å². The molecular weight excluding hydrogens is 522 g/mol. The highest BCUT2D eigenvalue weighted by molar-refractivity contribution is 7.91. The van der Waals surface area contributed by atoms with E-state index in [0.717, 1.165) is 43.1 Å². The van der Waals surface area contributed by atoms with Gasteiger partial charge in [0.25, 0.3) is 0 Å². The molecule has 1 fully saturated rings. The number of hydrogen-bond donors (Lipinski definition) is 0. The fourth-order valence-electron chi connectivity index (χ4n) is 4.91. The first-order valence-corrected chi connectivity index (χ1v) is 14.5. The molecule has 9 heteroatoms.